The molecule has 0 amide bonds. The number of rotatable bonds is 8. The third kappa shape index (κ3) is 4.25. The topological polar surface area (TPSA) is 110 Å². The molecular formula is C16H19N5O3. The van der Waals surface area contributed by atoms with Crippen LogP contribution in [0.15, 0.2) is 30.6 Å². The molecular weight excluding hydrogens is 310 g/mol. The summed E-state index contributed by atoms with van der Waals surface area (Å²) in [5, 5.41) is 17.3. The molecule has 0 radical (unpaired) electrons. The van der Waals surface area contributed by atoms with E-state index in [1.807, 2.05) is 6.92 Å². The maximum atomic E-state index is 11.4. The van der Waals surface area contributed by atoms with E-state index in [-0.39, 0.29) is 23.1 Å². The van der Waals surface area contributed by atoms with Crippen LogP contribution in [0.5, 0.6) is 0 Å². The Bertz CT molecular complexity index is 731. The third-order valence-electron chi connectivity index (χ3n) is 3.38. The Kier molecular flexibility index (Phi) is 5.78. The van der Waals surface area contributed by atoms with Gasteiger partial charge in [-0.1, -0.05) is 13.3 Å². The van der Waals surface area contributed by atoms with E-state index in [2.05, 4.69) is 20.6 Å². The van der Waals surface area contributed by atoms with Crippen LogP contribution in [0.2, 0.25) is 0 Å². The molecule has 2 N–H and O–H groups in total. The van der Waals surface area contributed by atoms with Gasteiger partial charge in [0.25, 0.3) is 0 Å². The summed E-state index contributed by atoms with van der Waals surface area (Å²) in [5.41, 5.74) is 0.963. The van der Waals surface area contributed by atoms with Gasteiger partial charge in [-0.15, -0.1) is 0 Å². The van der Waals surface area contributed by atoms with E-state index in [0.29, 0.717) is 17.8 Å². The van der Waals surface area contributed by atoms with Crippen LogP contribution in [-0.4, -0.2) is 27.2 Å². The van der Waals surface area contributed by atoms with Crippen molar-refractivity contribution in [3.8, 4) is 0 Å². The van der Waals surface area contributed by atoms with Crippen molar-refractivity contribution in [1.29, 1.82) is 0 Å². The van der Waals surface area contributed by atoms with Gasteiger partial charge in [0.05, 0.1) is 4.92 Å². The van der Waals surface area contributed by atoms with E-state index in [1.54, 1.807) is 24.3 Å². The first-order valence-corrected chi connectivity index (χ1v) is 7.64. The predicted molar refractivity (Wildman–Crippen MR) is 91.8 cm³/mol. The van der Waals surface area contributed by atoms with Gasteiger partial charge in [0.2, 0.25) is 11.6 Å². The summed E-state index contributed by atoms with van der Waals surface area (Å²) in [6.07, 6.45) is 3.13. The zero-order valence-corrected chi connectivity index (χ0v) is 13.6. The van der Waals surface area contributed by atoms with Crippen molar-refractivity contribution >= 4 is 28.8 Å². The first-order valence-electron chi connectivity index (χ1n) is 7.64. The SMILES string of the molecule is CCCCNc1ncnc(Nc2ccc(C(C)=O)cc2)c1[N+](=O)[O-]. The van der Waals surface area contributed by atoms with Crippen molar-refractivity contribution < 1.29 is 9.72 Å². The standard InChI is InChI=1S/C16H19N5O3/c1-3-4-9-17-15-14(21(23)24)16(19-10-18-15)20-13-7-5-12(6-8-13)11(2)22/h5-8,10H,3-4,9H2,1-2H3,(H2,17,18,19,20). The molecule has 2 rings (SSSR count). The zero-order chi connectivity index (χ0) is 17.5. The number of aromatic nitrogens is 2. The van der Waals surface area contributed by atoms with Crippen molar-refractivity contribution in [2.45, 2.75) is 26.7 Å². The normalized spacial score (nSPS) is 10.2. The molecule has 0 saturated carbocycles. The van der Waals surface area contributed by atoms with E-state index >= 15 is 0 Å². The minimum Gasteiger partial charge on any atom is -0.364 e. The van der Waals surface area contributed by atoms with Crippen LogP contribution < -0.4 is 10.6 Å². The number of nitrogens with zero attached hydrogens (tertiary/aromatic N) is 3. The molecule has 1 aromatic carbocycles. The average Bonchev–Trinajstić information content (AvgIpc) is 2.55. The minimum atomic E-state index is -0.513. The molecule has 2 aromatic rings. The number of carbonyl (C=O) groups is 1. The van der Waals surface area contributed by atoms with Crippen molar-refractivity contribution in [2.75, 3.05) is 17.2 Å². The summed E-state index contributed by atoms with van der Waals surface area (Å²) in [6.45, 7) is 4.11. The second-order valence-corrected chi connectivity index (χ2v) is 5.22. The number of unbranched alkanes of at least 4 members (excludes halogenated alkanes) is 1. The minimum absolute atomic E-state index is 0.0445. The number of hydrogen-bond acceptors (Lipinski definition) is 7. The Morgan fingerprint density at radius 2 is 1.88 bits per heavy atom. The van der Waals surface area contributed by atoms with E-state index in [1.165, 1.54) is 13.3 Å². The molecule has 1 heterocycles. The van der Waals surface area contributed by atoms with Crippen molar-refractivity contribution in [1.82, 2.24) is 9.97 Å². The van der Waals surface area contributed by atoms with Crippen LogP contribution in [0.1, 0.15) is 37.0 Å². The largest absolute Gasteiger partial charge is 0.364 e. The monoisotopic (exact) mass is 329 g/mol. The van der Waals surface area contributed by atoms with Crippen molar-refractivity contribution in [3.05, 3.63) is 46.3 Å². The molecule has 8 nitrogen and oxygen atoms in total. The summed E-state index contributed by atoms with van der Waals surface area (Å²) in [6, 6.07) is 6.65. The average molecular weight is 329 g/mol. The van der Waals surface area contributed by atoms with E-state index in [0.717, 1.165) is 12.8 Å². The maximum Gasteiger partial charge on any atom is 0.353 e. The highest BCUT2D eigenvalue weighted by molar-refractivity contribution is 5.94. The molecule has 0 bridgehead atoms. The molecule has 24 heavy (non-hydrogen) atoms. The van der Waals surface area contributed by atoms with Gasteiger partial charge in [0, 0.05) is 17.8 Å². The summed E-state index contributed by atoms with van der Waals surface area (Å²) >= 11 is 0. The Hall–Kier alpha value is -3.03. The van der Waals surface area contributed by atoms with Gasteiger partial charge in [-0.2, -0.15) is 0 Å². The van der Waals surface area contributed by atoms with Gasteiger partial charge in [0.15, 0.2) is 5.78 Å². The fourth-order valence-electron chi connectivity index (χ4n) is 2.08. The predicted octanol–water partition coefficient (Wildman–Crippen LogP) is 3.54. The highest BCUT2D eigenvalue weighted by Gasteiger charge is 2.22. The second-order valence-electron chi connectivity index (χ2n) is 5.22. The molecule has 0 fully saturated rings. The number of ketones is 1. The first kappa shape index (κ1) is 17.3. The van der Waals surface area contributed by atoms with Crippen LogP contribution in [0.4, 0.5) is 23.0 Å². The Morgan fingerprint density at radius 1 is 1.21 bits per heavy atom. The molecule has 0 aliphatic carbocycles. The summed E-state index contributed by atoms with van der Waals surface area (Å²) in [4.78, 5) is 30.1. The van der Waals surface area contributed by atoms with Crippen LogP contribution >= 0.6 is 0 Å². The lowest BCUT2D eigenvalue weighted by molar-refractivity contribution is -0.383. The molecule has 0 aliphatic rings. The number of carbonyl (C=O) groups excluding carboxylic acids is 1. The smallest absolute Gasteiger partial charge is 0.353 e. The molecule has 0 unspecified atom stereocenters. The van der Waals surface area contributed by atoms with Crippen LogP contribution in [0, 0.1) is 10.1 Å². The summed E-state index contributed by atoms with van der Waals surface area (Å²) < 4.78 is 0. The van der Waals surface area contributed by atoms with Gasteiger partial charge < -0.3 is 10.6 Å². The van der Waals surface area contributed by atoms with Gasteiger partial charge in [-0.05, 0) is 37.6 Å². The molecule has 8 heteroatoms. The molecule has 0 aliphatic heterocycles. The third-order valence-corrected chi connectivity index (χ3v) is 3.38. The van der Waals surface area contributed by atoms with E-state index in [4.69, 9.17) is 0 Å². The van der Waals surface area contributed by atoms with Crippen molar-refractivity contribution in [2.24, 2.45) is 0 Å². The van der Waals surface area contributed by atoms with Crippen molar-refractivity contribution in [3.63, 3.8) is 0 Å². The summed E-state index contributed by atoms with van der Waals surface area (Å²) in [7, 11) is 0. The van der Waals surface area contributed by atoms with Gasteiger partial charge in [0.1, 0.15) is 6.33 Å². The lowest BCUT2D eigenvalue weighted by Crippen LogP contribution is -2.09. The molecule has 126 valence electrons. The Balaban J connectivity index is 2.27. The number of nitro groups is 1. The first-order chi connectivity index (χ1) is 11.5. The van der Waals surface area contributed by atoms with Crippen LogP contribution in [0.3, 0.4) is 0 Å². The molecule has 1 aromatic heterocycles. The number of hydrogen-bond donors (Lipinski definition) is 2. The fourth-order valence-corrected chi connectivity index (χ4v) is 2.08. The van der Waals surface area contributed by atoms with Crippen LogP contribution in [-0.2, 0) is 0 Å². The highest BCUT2D eigenvalue weighted by Crippen LogP contribution is 2.31. The zero-order valence-electron chi connectivity index (χ0n) is 13.6. The van der Waals surface area contributed by atoms with Gasteiger partial charge in [-0.25, -0.2) is 9.97 Å². The number of nitrogens with one attached hydrogen (secondary N) is 2. The lowest BCUT2D eigenvalue weighted by atomic mass is 10.1. The number of benzene rings is 1. The number of anilines is 3. The Labute approximate surface area is 139 Å². The summed E-state index contributed by atoms with van der Waals surface area (Å²) in [5.74, 6) is 0.243. The molecule has 0 atom stereocenters. The Morgan fingerprint density at radius 3 is 2.46 bits per heavy atom. The van der Waals surface area contributed by atoms with E-state index in [9.17, 15) is 14.9 Å². The molecule has 0 saturated heterocycles. The van der Waals surface area contributed by atoms with Gasteiger partial charge in [-0.3, -0.25) is 14.9 Å². The maximum absolute atomic E-state index is 11.4. The number of Topliss-reactive ketones (excluding diaryl/α,β-unsaturated/α-hetero) is 1. The van der Waals surface area contributed by atoms with E-state index < -0.39 is 4.92 Å². The fraction of sp³-hybridized carbons (Fsp3) is 0.312. The second kappa shape index (κ2) is 8.00. The molecule has 0 spiro atoms. The highest BCUT2D eigenvalue weighted by atomic mass is 16.6. The lowest BCUT2D eigenvalue weighted by Gasteiger charge is -2.10. The quantitative estimate of drug-likeness (QED) is 0.330. The van der Waals surface area contributed by atoms with Crippen LogP contribution in [0.25, 0.3) is 0 Å². The van der Waals surface area contributed by atoms with Gasteiger partial charge >= 0.3 is 5.69 Å².